The molecule has 0 radical (unpaired) electrons. The second-order valence-electron chi connectivity index (χ2n) is 7.43. The first-order valence-corrected chi connectivity index (χ1v) is 10.0. The van der Waals surface area contributed by atoms with E-state index in [1.54, 1.807) is 25.3 Å². The van der Waals surface area contributed by atoms with Crippen molar-refractivity contribution in [2.45, 2.75) is 32.4 Å². The SMILES string of the molecule is COCCC(=O)N1CCc2cc(-c3cccc(COC(=O)CC(=N)N)c3F)ccc2C1. The lowest BCUT2D eigenvalue weighted by Crippen LogP contribution is -2.36. The standard InChI is InChI=1S/C23H26FN3O4/c1-30-10-8-21(28)27-9-7-15-11-16(5-6-17(15)13-27)19-4-2-3-18(23(19)24)14-31-22(29)12-20(25)26/h2-6,11H,7-10,12-14H2,1H3,(H3,25,26). The number of amides is 1. The predicted molar refractivity (Wildman–Crippen MR) is 114 cm³/mol. The fraction of sp³-hybridized carbons (Fsp3) is 0.348. The van der Waals surface area contributed by atoms with Crippen LogP contribution in [0.1, 0.15) is 29.5 Å². The van der Waals surface area contributed by atoms with Gasteiger partial charge < -0.3 is 20.1 Å². The molecule has 1 amide bonds. The highest BCUT2D eigenvalue weighted by Gasteiger charge is 2.21. The zero-order valence-electron chi connectivity index (χ0n) is 17.4. The molecule has 1 aliphatic heterocycles. The minimum atomic E-state index is -0.671. The van der Waals surface area contributed by atoms with Crippen molar-refractivity contribution in [2.75, 3.05) is 20.3 Å². The molecule has 0 saturated heterocycles. The molecule has 7 nitrogen and oxygen atoms in total. The maximum atomic E-state index is 15.1. The molecular formula is C23H26FN3O4. The number of hydrogen-bond acceptors (Lipinski definition) is 5. The molecule has 0 spiro atoms. The fourth-order valence-electron chi connectivity index (χ4n) is 3.56. The number of amidine groups is 1. The van der Waals surface area contributed by atoms with E-state index in [1.807, 2.05) is 23.1 Å². The first-order chi connectivity index (χ1) is 14.9. The Kier molecular flexibility index (Phi) is 7.36. The third-order valence-corrected chi connectivity index (χ3v) is 5.20. The Hall–Kier alpha value is -3.26. The molecule has 1 heterocycles. The van der Waals surface area contributed by atoms with Gasteiger partial charge in [0.05, 0.1) is 13.0 Å². The predicted octanol–water partition coefficient (Wildman–Crippen LogP) is 2.78. The molecule has 0 bridgehead atoms. The van der Waals surface area contributed by atoms with E-state index in [1.165, 1.54) is 0 Å². The van der Waals surface area contributed by atoms with Crippen LogP contribution in [0.25, 0.3) is 11.1 Å². The second-order valence-corrected chi connectivity index (χ2v) is 7.43. The summed E-state index contributed by atoms with van der Waals surface area (Å²) >= 11 is 0. The van der Waals surface area contributed by atoms with Crippen molar-refractivity contribution >= 4 is 17.7 Å². The van der Waals surface area contributed by atoms with Crippen LogP contribution in [-0.4, -0.2) is 42.9 Å². The summed E-state index contributed by atoms with van der Waals surface area (Å²) in [6.45, 7) is 1.33. The number of nitrogens with one attached hydrogen (secondary N) is 1. The molecule has 0 atom stereocenters. The van der Waals surface area contributed by atoms with E-state index < -0.39 is 11.8 Å². The molecule has 3 N–H and O–H groups in total. The van der Waals surface area contributed by atoms with Gasteiger partial charge in [0.25, 0.3) is 0 Å². The Morgan fingerprint density at radius 3 is 2.77 bits per heavy atom. The molecule has 2 aromatic carbocycles. The molecule has 1 aliphatic rings. The van der Waals surface area contributed by atoms with Crippen LogP contribution in [0.15, 0.2) is 36.4 Å². The van der Waals surface area contributed by atoms with Crippen molar-refractivity contribution in [3.05, 3.63) is 58.9 Å². The molecule has 31 heavy (non-hydrogen) atoms. The van der Waals surface area contributed by atoms with E-state index in [2.05, 4.69) is 0 Å². The number of methoxy groups -OCH3 is 1. The summed E-state index contributed by atoms with van der Waals surface area (Å²) in [6, 6.07) is 10.7. The molecule has 0 aliphatic carbocycles. The van der Waals surface area contributed by atoms with E-state index in [9.17, 15) is 9.59 Å². The summed E-state index contributed by atoms with van der Waals surface area (Å²) in [5.41, 5.74) is 8.71. The van der Waals surface area contributed by atoms with Crippen LogP contribution < -0.4 is 5.73 Å². The average molecular weight is 427 g/mol. The van der Waals surface area contributed by atoms with Gasteiger partial charge >= 0.3 is 5.97 Å². The number of ether oxygens (including phenoxy) is 2. The van der Waals surface area contributed by atoms with Crippen molar-refractivity contribution in [3.8, 4) is 11.1 Å². The number of benzene rings is 2. The molecule has 3 rings (SSSR count). The Balaban J connectivity index is 1.74. The van der Waals surface area contributed by atoms with Gasteiger partial charge in [0.2, 0.25) is 5.91 Å². The summed E-state index contributed by atoms with van der Waals surface area (Å²) < 4.78 is 25.1. The number of fused-ring (bicyclic) bond motifs is 1. The number of nitrogens with zero attached hydrogens (tertiary/aromatic N) is 1. The van der Waals surface area contributed by atoms with Gasteiger partial charge in [-0.25, -0.2) is 4.39 Å². The molecule has 0 aromatic heterocycles. The van der Waals surface area contributed by atoms with E-state index in [-0.39, 0.29) is 30.3 Å². The van der Waals surface area contributed by atoms with Crippen molar-refractivity contribution in [3.63, 3.8) is 0 Å². The zero-order valence-corrected chi connectivity index (χ0v) is 17.4. The van der Waals surface area contributed by atoms with E-state index in [0.717, 1.165) is 16.7 Å². The van der Waals surface area contributed by atoms with Gasteiger partial charge in [0.1, 0.15) is 24.7 Å². The molecule has 0 fully saturated rings. The maximum Gasteiger partial charge on any atom is 0.313 e. The minimum Gasteiger partial charge on any atom is -0.460 e. The quantitative estimate of drug-likeness (QED) is 0.383. The number of carbonyl (C=O) groups excluding carboxylic acids is 2. The average Bonchev–Trinajstić information content (AvgIpc) is 2.75. The Labute approximate surface area is 180 Å². The van der Waals surface area contributed by atoms with Crippen LogP contribution in [-0.2, 0) is 38.6 Å². The summed E-state index contributed by atoms with van der Waals surface area (Å²) in [5.74, 6) is -1.36. The number of nitrogens with two attached hydrogens (primary N) is 1. The number of rotatable bonds is 8. The lowest BCUT2D eigenvalue weighted by molar-refractivity contribution is -0.143. The number of hydrogen-bond donors (Lipinski definition) is 2. The molecule has 8 heteroatoms. The van der Waals surface area contributed by atoms with E-state index in [4.69, 9.17) is 20.6 Å². The Bertz CT molecular complexity index is 993. The molecule has 2 aromatic rings. The van der Waals surface area contributed by atoms with Gasteiger partial charge in [-0.1, -0.05) is 36.4 Å². The van der Waals surface area contributed by atoms with Gasteiger partial charge in [-0.05, 0) is 23.1 Å². The smallest absolute Gasteiger partial charge is 0.313 e. The van der Waals surface area contributed by atoms with Gasteiger partial charge in [-0.2, -0.15) is 0 Å². The van der Waals surface area contributed by atoms with Crippen LogP contribution >= 0.6 is 0 Å². The summed E-state index contributed by atoms with van der Waals surface area (Å²) in [7, 11) is 1.57. The maximum absolute atomic E-state index is 15.1. The lowest BCUT2D eigenvalue weighted by Gasteiger charge is -2.29. The number of halogens is 1. The Morgan fingerprint density at radius 2 is 2.03 bits per heavy atom. The van der Waals surface area contributed by atoms with E-state index >= 15 is 4.39 Å². The van der Waals surface area contributed by atoms with Crippen LogP contribution in [0.3, 0.4) is 0 Å². The topological polar surface area (TPSA) is 106 Å². The largest absolute Gasteiger partial charge is 0.460 e. The summed E-state index contributed by atoms with van der Waals surface area (Å²) in [4.78, 5) is 25.7. The van der Waals surface area contributed by atoms with Crippen LogP contribution in [0.2, 0.25) is 0 Å². The molecular weight excluding hydrogens is 401 g/mol. The van der Waals surface area contributed by atoms with Gasteiger partial charge in [0.15, 0.2) is 0 Å². The first-order valence-electron chi connectivity index (χ1n) is 10.0. The number of carbonyl (C=O) groups is 2. The first kappa shape index (κ1) is 22.4. The Morgan fingerprint density at radius 1 is 1.23 bits per heavy atom. The zero-order chi connectivity index (χ0) is 22.4. The van der Waals surface area contributed by atoms with Crippen molar-refractivity contribution in [1.82, 2.24) is 4.90 Å². The van der Waals surface area contributed by atoms with Crippen molar-refractivity contribution < 1.29 is 23.5 Å². The molecule has 164 valence electrons. The molecule has 0 saturated carbocycles. The van der Waals surface area contributed by atoms with Crippen LogP contribution in [0, 0.1) is 11.2 Å². The van der Waals surface area contributed by atoms with E-state index in [0.29, 0.717) is 38.1 Å². The van der Waals surface area contributed by atoms with Gasteiger partial charge in [-0.3, -0.25) is 15.0 Å². The lowest BCUT2D eigenvalue weighted by atomic mass is 9.93. The van der Waals surface area contributed by atoms with Crippen molar-refractivity contribution in [2.24, 2.45) is 5.73 Å². The molecule has 0 unspecified atom stereocenters. The highest BCUT2D eigenvalue weighted by Crippen LogP contribution is 2.29. The summed E-state index contributed by atoms with van der Waals surface area (Å²) in [5, 5.41) is 7.11. The summed E-state index contributed by atoms with van der Waals surface area (Å²) in [6.07, 6.45) is 0.738. The monoisotopic (exact) mass is 427 g/mol. The third kappa shape index (κ3) is 5.67. The van der Waals surface area contributed by atoms with Crippen molar-refractivity contribution in [1.29, 1.82) is 5.41 Å². The fourth-order valence-corrected chi connectivity index (χ4v) is 3.56. The normalized spacial score (nSPS) is 12.9. The minimum absolute atomic E-state index is 0.0645. The van der Waals surface area contributed by atoms with Gasteiger partial charge in [0, 0.05) is 31.3 Å². The van der Waals surface area contributed by atoms with Crippen LogP contribution in [0.5, 0.6) is 0 Å². The highest BCUT2D eigenvalue weighted by molar-refractivity contribution is 5.94. The number of esters is 1. The highest BCUT2D eigenvalue weighted by atomic mass is 19.1. The second kappa shape index (κ2) is 10.2. The van der Waals surface area contributed by atoms with Gasteiger partial charge in [-0.15, -0.1) is 0 Å². The third-order valence-electron chi connectivity index (χ3n) is 5.20. The van der Waals surface area contributed by atoms with Crippen LogP contribution in [0.4, 0.5) is 4.39 Å².